The molecule has 1 atom stereocenters. The number of rotatable bonds is 7. The second kappa shape index (κ2) is 11.1. The van der Waals surface area contributed by atoms with E-state index in [4.69, 9.17) is 5.26 Å². The number of benzene rings is 2. The molecule has 2 aromatic carbocycles. The van der Waals surface area contributed by atoms with Crippen molar-refractivity contribution in [3.8, 4) is 6.19 Å². The molecule has 1 aliphatic heterocycles. The van der Waals surface area contributed by atoms with Crippen LogP contribution < -0.4 is 10.6 Å². The number of halogens is 2. The molecule has 10 heteroatoms. The molecule has 0 saturated heterocycles. The number of amides is 1. The van der Waals surface area contributed by atoms with Gasteiger partial charge in [-0.2, -0.15) is 10.4 Å². The molecule has 1 unspecified atom stereocenters. The molecule has 0 spiro atoms. The monoisotopic (exact) mass is 484 g/mol. The molecule has 34 heavy (non-hydrogen) atoms. The topological polar surface area (TPSA) is 92.9 Å². The first-order valence-corrected chi connectivity index (χ1v) is 11.6. The Balaban J connectivity index is 2.00. The number of carbonyl (C=O) groups is 1. The van der Waals surface area contributed by atoms with Crippen molar-refractivity contribution < 1.29 is 13.6 Å². The molecule has 1 heterocycles. The number of nitrogens with one attached hydrogen (secondary N) is 2. The lowest BCUT2D eigenvalue weighted by molar-refractivity contribution is -0.138. The standard InChI is InChI=1S/C24H26F2N6OS/c1-16(2)22(33)32-24(17-8-5-4-6-9-17,12-7-13-29-23(28-3)30-15-27)34-21(31-32)19-14-18(25)10-11-20(19)26/h4-6,8-11,14,16H,7,12-13H2,1-3H3,(H2,28,29,30). The first-order chi connectivity index (χ1) is 16.3. The molecule has 0 fully saturated rings. The summed E-state index contributed by atoms with van der Waals surface area (Å²) in [6.45, 7) is 4.01. The molecule has 2 aromatic rings. The highest BCUT2D eigenvalue weighted by atomic mass is 32.2. The predicted octanol–water partition coefficient (Wildman–Crippen LogP) is 4.14. The summed E-state index contributed by atoms with van der Waals surface area (Å²) in [5, 5.41) is 20.8. The molecule has 1 amide bonds. The van der Waals surface area contributed by atoms with Gasteiger partial charge in [0.25, 0.3) is 0 Å². The van der Waals surface area contributed by atoms with Crippen molar-refractivity contribution in [2.75, 3.05) is 13.6 Å². The zero-order valence-electron chi connectivity index (χ0n) is 19.2. The quantitative estimate of drug-likeness (QED) is 0.267. The van der Waals surface area contributed by atoms with Crippen LogP contribution in [0.3, 0.4) is 0 Å². The lowest BCUT2D eigenvalue weighted by Gasteiger charge is -2.37. The molecule has 7 nitrogen and oxygen atoms in total. The van der Waals surface area contributed by atoms with Gasteiger partial charge in [0.15, 0.2) is 0 Å². The van der Waals surface area contributed by atoms with Crippen LogP contribution >= 0.6 is 11.8 Å². The Hall–Kier alpha value is -3.45. The summed E-state index contributed by atoms with van der Waals surface area (Å²) in [5.41, 5.74) is 0.838. The Kier molecular flexibility index (Phi) is 8.23. The minimum Gasteiger partial charge on any atom is -0.359 e. The van der Waals surface area contributed by atoms with Crippen molar-refractivity contribution in [2.24, 2.45) is 16.0 Å². The van der Waals surface area contributed by atoms with Gasteiger partial charge in [-0.1, -0.05) is 55.9 Å². The highest BCUT2D eigenvalue weighted by Crippen LogP contribution is 2.51. The second-order valence-electron chi connectivity index (χ2n) is 7.93. The smallest absolute Gasteiger partial charge is 0.246 e. The van der Waals surface area contributed by atoms with E-state index in [-0.39, 0.29) is 22.4 Å². The Morgan fingerprint density at radius 3 is 2.65 bits per heavy atom. The second-order valence-corrected chi connectivity index (χ2v) is 9.19. The van der Waals surface area contributed by atoms with E-state index in [9.17, 15) is 13.6 Å². The van der Waals surface area contributed by atoms with Gasteiger partial charge in [0, 0.05) is 25.1 Å². The molecule has 0 radical (unpaired) electrons. The molecular weight excluding hydrogens is 458 g/mol. The summed E-state index contributed by atoms with van der Waals surface area (Å²) in [6.07, 6.45) is 2.76. The van der Waals surface area contributed by atoms with Gasteiger partial charge in [-0.15, -0.1) is 4.99 Å². The average molecular weight is 485 g/mol. The number of nitriles is 1. The summed E-state index contributed by atoms with van der Waals surface area (Å²) >= 11 is 1.24. The van der Waals surface area contributed by atoms with Crippen LogP contribution in [0.25, 0.3) is 0 Å². The molecule has 0 saturated carbocycles. The van der Waals surface area contributed by atoms with Crippen LogP contribution in [-0.4, -0.2) is 35.5 Å². The molecule has 0 bridgehead atoms. The highest BCUT2D eigenvalue weighted by molar-refractivity contribution is 8.15. The SMILES string of the molecule is CN/C(=N/C#N)NCCCC1(c2ccccc2)SC(c2cc(F)ccc2F)=NN1C(=O)C(C)C. The zero-order valence-corrected chi connectivity index (χ0v) is 20.0. The fourth-order valence-corrected chi connectivity index (χ4v) is 5.01. The van der Waals surface area contributed by atoms with Crippen LogP contribution in [0.4, 0.5) is 8.78 Å². The molecule has 178 valence electrons. The third-order valence-corrected chi connectivity index (χ3v) is 6.71. The number of aliphatic imine (C=N–C) groups is 1. The minimum absolute atomic E-state index is 0.0149. The number of hydrazone groups is 1. The largest absolute Gasteiger partial charge is 0.359 e. The number of nitrogens with zero attached hydrogens (tertiary/aromatic N) is 4. The molecule has 2 N–H and O–H groups in total. The van der Waals surface area contributed by atoms with Gasteiger partial charge >= 0.3 is 0 Å². The maximum Gasteiger partial charge on any atom is 0.246 e. The van der Waals surface area contributed by atoms with Crippen LogP contribution in [0, 0.1) is 29.0 Å². The Morgan fingerprint density at radius 2 is 2.00 bits per heavy atom. The van der Waals surface area contributed by atoms with E-state index in [1.165, 1.54) is 16.8 Å². The van der Waals surface area contributed by atoms with Crippen LogP contribution in [0.2, 0.25) is 0 Å². The van der Waals surface area contributed by atoms with E-state index in [0.29, 0.717) is 25.3 Å². The first kappa shape index (κ1) is 25.2. The van der Waals surface area contributed by atoms with Crippen molar-refractivity contribution >= 4 is 28.7 Å². The van der Waals surface area contributed by atoms with E-state index < -0.39 is 16.5 Å². The van der Waals surface area contributed by atoms with E-state index in [1.54, 1.807) is 27.1 Å². The van der Waals surface area contributed by atoms with Gasteiger partial charge in [0.2, 0.25) is 18.1 Å². The summed E-state index contributed by atoms with van der Waals surface area (Å²) < 4.78 is 28.6. The van der Waals surface area contributed by atoms with Gasteiger partial charge in [0.1, 0.15) is 21.5 Å². The lowest BCUT2D eigenvalue weighted by Crippen LogP contribution is -2.44. The summed E-state index contributed by atoms with van der Waals surface area (Å²) in [7, 11) is 1.65. The summed E-state index contributed by atoms with van der Waals surface area (Å²) in [6, 6.07) is 12.6. The van der Waals surface area contributed by atoms with Crippen molar-refractivity contribution in [3.63, 3.8) is 0 Å². The van der Waals surface area contributed by atoms with Gasteiger partial charge < -0.3 is 10.6 Å². The summed E-state index contributed by atoms with van der Waals surface area (Å²) in [4.78, 5) is 16.0. The van der Waals surface area contributed by atoms with Gasteiger partial charge in [-0.25, -0.2) is 13.8 Å². The number of thioether (sulfide) groups is 1. The van der Waals surface area contributed by atoms with Crippen molar-refractivity contribution in [3.05, 3.63) is 71.3 Å². The van der Waals surface area contributed by atoms with Crippen LogP contribution in [0.1, 0.15) is 37.8 Å². The van der Waals surface area contributed by atoms with Crippen LogP contribution in [0.5, 0.6) is 0 Å². The Labute approximate surface area is 201 Å². The lowest BCUT2D eigenvalue weighted by atomic mass is 9.99. The predicted molar refractivity (Wildman–Crippen MR) is 130 cm³/mol. The Morgan fingerprint density at radius 1 is 1.26 bits per heavy atom. The first-order valence-electron chi connectivity index (χ1n) is 10.8. The molecule has 1 aliphatic rings. The zero-order chi connectivity index (χ0) is 24.7. The number of carbonyl (C=O) groups excluding carboxylic acids is 1. The third-order valence-electron chi connectivity index (χ3n) is 5.27. The van der Waals surface area contributed by atoms with E-state index in [1.807, 2.05) is 30.3 Å². The van der Waals surface area contributed by atoms with Crippen LogP contribution in [-0.2, 0) is 9.67 Å². The summed E-state index contributed by atoms with van der Waals surface area (Å²) in [5.74, 6) is -1.44. The fraction of sp³-hybridized carbons (Fsp3) is 0.333. The molecule has 3 rings (SSSR count). The van der Waals surface area contributed by atoms with E-state index >= 15 is 0 Å². The number of guanidine groups is 1. The molecule has 0 aliphatic carbocycles. The fourth-order valence-electron chi connectivity index (χ4n) is 3.59. The van der Waals surface area contributed by atoms with Gasteiger partial charge in [0.05, 0.1) is 0 Å². The maximum atomic E-state index is 14.6. The average Bonchev–Trinajstić information content (AvgIpc) is 3.23. The van der Waals surface area contributed by atoms with Crippen LogP contribution in [0.15, 0.2) is 58.6 Å². The van der Waals surface area contributed by atoms with Crippen molar-refractivity contribution in [1.82, 2.24) is 15.6 Å². The van der Waals surface area contributed by atoms with Crippen molar-refractivity contribution in [2.45, 2.75) is 31.6 Å². The Bertz CT molecular complexity index is 1130. The van der Waals surface area contributed by atoms with E-state index in [2.05, 4.69) is 20.7 Å². The van der Waals surface area contributed by atoms with Gasteiger partial charge in [-0.05, 0) is 36.6 Å². The van der Waals surface area contributed by atoms with Crippen molar-refractivity contribution in [1.29, 1.82) is 5.26 Å². The molecule has 0 aromatic heterocycles. The minimum atomic E-state index is -0.954. The van der Waals surface area contributed by atoms with E-state index in [0.717, 1.165) is 23.8 Å². The molecular formula is C24H26F2N6OS. The number of hydrogen-bond donors (Lipinski definition) is 2. The number of hydrogen-bond acceptors (Lipinski definition) is 5. The third kappa shape index (κ3) is 5.37. The maximum absolute atomic E-state index is 14.6. The van der Waals surface area contributed by atoms with Gasteiger partial charge in [-0.3, -0.25) is 4.79 Å². The highest BCUT2D eigenvalue weighted by Gasteiger charge is 2.49. The normalized spacial score (nSPS) is 18.0.